The summed E-state index contributed by atoms with van der Waals surface area (Å²) >= 11 is 1.55. The summed E-state index contributed by atoms with van der Waals surface area (Å²) < 4.78 is 1.91. The van der Waals surface area contributed by atoms with Crippen LogP contribution in [0.3, 0.4) is 0 Å². The van der Waals surface area contributed by atoms with Crippen LogP contribution in [0, 0.1) is 5.92 Å². The largest absolute Gasteiger partial charge is 0.341 e. The van der Waals surface area contributed by atoms with Crippen LogP contribution in [-0.4, -0.2) is 46.4 Å². The third kappa shape index (κ3) is 3.96. The molecule has 0 aliphatic carbocycles. The van der Waals surface area contributed by atoms with Crippen molar-refractivity contribution < 1.29 is 9.59 Å². The fourth-order valence-corrected chi connectivity index (χ4v) is 5.04. The van der Waals surface area contributed by atoms with Gasteiger partial charge in [-0.25, -0.2) is 0 Å². The van der Waals surface area contributed by atoms with Gasteiger partial charge < -0.3 is 14.8 Å². The van der Waals surface area contributed by atoms with Crippen molar-refractivity contribution >= 4 is 29.3 Å². The number of rotatable bonds is 4. The molecule has 4 rings (SSSR count). The monoisotopic (exact) mass is 411 g/mol. The molecule has 152 valence electrons. The van der Waals surface area contributed by atoms with Crippen molar-refractivity contribution in [3.8, 4) is 11.1 Å². The average molecular weight is 412 g/mol. The third-order valence-electron chi connectivity index (χ3n) is 5.73. The molecule has 2 bridgehead atoms. The summed E-state index contributed by atoms with van der Waals surface area (Å²) in [7, 11) is 0. The first kappa shape index (κ1) is 19.8. The molecular formula is C22H25N3O3S. The van der Waals surface area contributed by atoms with E-state index in [-0.39, 0.29) is 23.3 Å². The molecule has 0 radical (unpaired) electrons. The number of nitrogens with zero attached hydrogens (tertiary/aromatic N) is 2. The summed E-state index contributed by atoms with van der Waals surface area (Å²) in [5.74, 6) is 1.05. The number of carbonyl (C=O) groups excluding carboxylic acids is 2. The molecule has 6 nitrogen and oxygen atoms in total. The Hall–Kier alpha value is -2.54. The average Bonchev–Trinajstić information content (AvgIpc) is 2.69. The maximum absolute atomic E-state index is 12.6. The van der Waals surface area contributed by atoms with E-state index in [0.29, 0.717) is 24.8 Å². The van der Waals surface area contributed by atoms with Crippen LogP contribution in [0.25, 0.3) is 11.1 Å². The zero-order valence-electron chi connectivity index (χ0n) is 16.7. The normalized spacial score (nSPS) is 20.1. The van der Waals surface area contributed by atoms with Crippen LogP contribution in [0.1, 0.15) is 25.0 Å². The molecule has 2 atom stereocenters. The Morgan fingerprint density at radius 3 is 2.55 bits per heavy atom. The molecule has 3 heterocycles. The van der Waals surface area contributed by atoms with Crippen molar-refractivity contribution in [3.63, 3.8) is 0 Å². The van der Waals surface area contributed by atoms with Crippen molar-refractivity contribution in [1.82, 2.24) is 9.47 Å². The number of hydrogen-bond donors (Lipinski definition) is 1. The zero-order valence-corrected chi connectivity index (χ0v) is 17.5. The smallest absolute Gasteiger partial charge is 0.250 e. The Kier molecular flexibility index (Phi) is 5.50. The van der Waals surface area contributed by atoms with Gasteiger partial charge in [0.25, 0.3) is 5.56 Å². The molecule has 2 aliphatic rings. The Morgan fingerprint density at radius 1 is 1.10 bits per heavy atom. The molecule has 1 N–H and O–H groups in total. The molecular weight excluding hydrogens is 386 g/mol. The van der Waals surface area contributed by atoms with E-state index in [4.69, 9.17) is 0 Å². The van der Waals surface area contributed by atoms with Gasteiger partial charge >= 0.3 is 0 Å². The van der Waals surface area contributed by atoms with Crippen molar-refractivity contribution in [2.24, 2.45) is 5.92 Å². The summed E-state index contributed by atoms with van der Waals surface area (Å²) in [5.41, 5.74) is 3.84. The molecule has 2 aliphatic heterocycles. The summed E-state index contributed by atoms with van der Waals surface area (Å²) in [5, 5.41) is 2.78. The summed E-state index contributed by atoms with van der Waals surface area (Å²) in [4.78, 5) is 38.3. The molecule has 1 aromatic heterocycles. The minimum atomic E-state index is -0.107. The lowest BCUT2D eigenvalue weighted by atomic mass is 9.80. The standard InChI is InChI=1S/C22H25N3O3S/c1-14(26)23-18-5-3-16(4-6-18)19-7-8-20(27)25-11-15-9-17(22(19)25)12-24(10-15)21(28)13-29-2/h3-8,15,17H,9-13H2,1-2H3,(H,23,26)/t15-,17-/m0/s1. The number of likely N-dealkylation sites (tertiary alicyclic amines) is 1. The van der Waals surface area contributed by atoms with Crippen molar-refractivity contribution in [2.75, 3.05) is 30.4 Å². The number of nitrogens with one attached hydrogen (secondary N) is 1. The molecule has 0 saturated carbocycles. The molecule has 1 fully saturated rings. The lowest BCUT2D eigenvalue weighted by Crippen LogP contribution is -2.49. The summed E-state index contributed by atoms with van der Waals surface area (Å²) in [6, 6.07) is 11.2. The molecule has 7 heteroatoms. The van der Waals surface area contributed by atoms with Gasteiger partial charge in [-0.05, 0) is 42.4 Å². The van der Waals surface area contributed by atoms with E-state index in [1.807, 2.05) is 46.1 Å². The fourth-order valence-electron chi connectivity index (χ4n) is 4.61. The second kappa shape index (κ2) is 8.06. The Bertz CT molecular complexity index is 999. The van der Waals surface area contributed by atoms with Gasteiger partial charge in [0.1, 0.15) is 0 Å². The second-order valence-electron chi connectivity index (χ2n) is 7.87. The second-order valence-corrected chi connectivity index (χ2v) is 8.74. The SMILES string of the molecule is CSCC(=O)N1C[C@@H]2C[C@@H](C1)c1c(-c3ccc(NC(C)=O)cc3)ccc(=O)n1C2. The van der Waals surface area contributed by atoms with Crippen LogP contribution < -0.4 is 10.9 Å². The number of aromatic nitrogens is 1. The van der Waals surface area contributed by atoms with Gasteiger partial charge in [0.15, 0.2) is 0 Å². The molecule has 29 heavy (non-hydrogen) atoms. The fraction of sp³-hybridized carbons (Fsp3) is 0.409. The third-order valence-corrected chi connectivity index (χ3v) is 6.26. The highest BCUT2D eigenvalue weighted by Crippen LogP contribution is 2.40. The molecule has 1 aromatic carbocycles. The van der Waals surface area contributed by atoms with Gasteiger partial charge in [-0.1, -0.05) is 12.1 Å². The van der Waals surface area contributed by atoms with E-state index < -0.39 is 0 Å². The molecule has 2 amide bonds. The van der Waals surface area contributed by atoms with E-state index in [0.717, 1.165) is 35.5 Å². The minimum Gasteiger partial charge on any atom is -0.341 e. The molecule has 1 saturated heterocycles. The number of pyridine rings is 1. The number of piperidine rings is 1. The van der Waals surface area contributed by atoms with E-state index in [2.05, 4.69) is 5.32 Å². The van der Waals surface area contributed by atoms with Gasteiger partial charge in [0.2, 0.25) is 11.8 Å². The van der Waals surface area contributed by atoms with Crippen LogP contribution in [-0.2, 0) is 16.1 Å². The predicted molar refractivity (Wildman–Crippen MR) is 116 cm³/mol. The van der Waals surface area contributed by atoms with E-state index >= 15 is 0 Å². The Morgan fingerprint density at radius 2 is 1.86 bits per heavy atom. The predicted octanol–water partition coefficient (Wildman–Crippen LogP) is 2.78. The number of amides is 2. The number of thioether (sulfide) groups is 1. The van der Waals surface area contributed by atoms with Gasteiger partial charge in [-0.2, -0.15) is 11.8 Å². The van der Waals surface area contributed by atoms with Gasteiger partial charge in [-0.3, -0.25) is 14.4 Å². The highest BCUT2D eigenvalue weighted by molar-refractivity contribution is 7.99. The van der Waals surface area contributed by atoms with Crippen molar-refractivity contribution in [2.45, 2.75) is 25.8 Å². The van der Waals surface area contributed by atoms with Crippen LogP contribution in [0.15, 0.2) is 41.2 Å². The highest BCUT2D eigenvalue weighted by atomic mass is 32.2. The first-order valence-electron chi connectivity index (χ1n) is 9.84. The van der Waals surface area contributed by atoms with E-state index in [9.17, 15) is 14.4 Å². The first-order chi connectivity index (χ1) is 14.0. The first-order valence-corrected chi connectivity index (χ1v) is 11.2. The van der Waals surface area contributed by atoms with Crippen LogP contribution in [0.2, 0.25) is 0 Å². The van der Waals surface area contributed by atoms with Gasteiger partial charge in [-0.15, -0.1) is 0 Å². The quantitative estimate of drug-likeness (QED) is 0.840. The number of anilines is 1. The Balaban J connectivity index is 1.71. The maximum Gasteiger partial charge on any atom is 0.250 e. The van der Waals surface area contributed by atoms with Crippen molar-refractivity contribution in [1.29, 1.82) is 0 Å². The summed E-state index contributed by atoms with van der Waals surface area (Å²) in [6.07, 6.45) is 2.95. The van der Waals surface area contributed by atoms with Gasteiger partial charge in [0, 0.05) is 55.5 Å². The lowest BCUT2D eigenvalue weighted by molar-refractivity contribution is -0.131. The highest BCUT2D eigenvalue weighted by Gasteiger charge is 2.37. The van der Waals surface area contributed by atoms with Gasteiger partial charge in [0.05, 0.1) is 5.75 Å². The van der Waals surface area contributed by atoms with Crippen LogP contribution in [0.4, 0.5) is 5.69 Å². The number of carbonyl (C=O) groups is 2. The van der Waals surface area contributed by atoms with Crippen LogP contribution >= 0.6 is 11.8 Å². The topological polar surface area (TPSA) is 71.4 Å². The van der Waals surface area contributed by atoms with E-state index in [1.165, 1.54) is 6.92 Å². The van der Waals surface area contributed by atoms with Crippen LogP contribution in [0.5, 0.6) is 0 Å². The molecule has 0 spiro atoms. The number of fused-ring (bicyclic) bond motifs is 4. The van der Waals surface area contributed by atoms with Crippen molar-refractivity contribution in [3.05, 3.63) is 52.4 Å². The number of hydrogen-bond acceptors (Lipinski definition) is 4. The Labute approximate surface area is 174 Å². The van der Waals surface area contributed by atoms with E-state index in [1.54, 1.807) is 17.8 Å². The molecule has 0 unspecified atom stereocenters. The summed E-state index contributed by atoms with van der Waals surface area (Å²) in [6.45, 7) is 3.54. The maximum atomic E-state index is 12.6. The number of benzene rings is 1. The lowest BCUT2D eigenvalue weighted by Gasteiger charge is -2.43. The minimum absolute atomic E-state index is 0.0252. The molecule has 2 aromatic rings. The zero-order chi connectivity index (χ0) is 20.5.